The van der Waals surface area contributed by atoms with Crippen molar-refractivity contribution in [1.82, 2.24) is 5.32 Å². The van der Waals surface area contributed by atoms with Crippen LogP contribution in [0.2, 0.25) is 0 Å². The second kappa shape index (κ2) is 46.8. The fourth-order valence-corrected chi connectivity index (χ4v) is 8.25. The van der Waals surface area contributed by atoms with Gasteiger partial charge in [0.15, 0.2) is 0 Å². The predicted octanol–water partition coefficient (Wildman–Crippen LogP) is 16.0. The Bertz CT molecular complexity index is 699. The highest BCUT2D eigenvalue weighted by atomic mass is 16.3. The molecule has 0 radical (unpaired) electrons. The van der Waals surface area contributed by atoms with Crippen molar-refractivity contribution in [2.75, 3.05) is 6.61 Å². The Hall–Kier alpha value is -0.610. The number of nitrogens with one attached hydrogen (secondary N) is 1. The van der Waals surface area contributed by atoms with Crippen LogP contribution in [0.4, 0.5) is 0 Å². The number of hydrogen-bond acceptors (Lipinski definition) is 3. The van der Waals surface area contributed by atoms with E-state index in [0.717, 1.165) is 25.7 Å². The zero-order valence-electron chi connectivity index (χ0n) is 37.3. The van der Waals surface area contributed by atoms with Crippen molar-refractivity contribution < 1.29 is 15.0 Å². The van der Waals surface area contributed by atoms with Crippen LogP contribution in [0.3, 0.4) is 0 Å². The quantitative estimate of drug-likeness (QED) is 0.0541. The topological polar surface area (TPSA) is 69.6 Å². The van der Waals surface area contributed by atoms with Gasteiger partial charge in [-0.05, 0) is 12.8 Å². The Morgan fingerprint density at radius 3 is 0.833 bits per heavy atom. The smallest absolute Gasteiger partial charge is 0.220 e. The van der Waals surface area contributed by atoms with Gasteiger partial charge >= 0.3 is 0 Å². The van der Waals surface area contributed by atoms with Crippen LogP contribution < -0.4 is 5.32 Å². The molecular formula is C50H101NO3. The van der Waals surface area contributed by atoms with Crippen molar-refractivity contribution in [3.05, 3.63) is 0 Å². The fraction of sp³-hybridized carbons (Fsp3) is 0.980. The molecule has 0 aliphatic carbocycles. The molecule has 0 bridgehead atoms. The van der Waals surface area contributed by atoms with Gasteiger partial charge in [0.2, 0.25) is 5.91 Å². The molecule has 0 rings (SSSR count). The molecule has 0 fully saturated rings. The van der Waals surface area contributed by atoms with Gasteiger partial charge in [-0.1, -0.05) is 277 Å². The molecule has 0 saturated heterocycles. The molecule has 54 heavy (non-hydrogen) atoms. The molecule has 0 aromatic carbocycles. The summed E-state index contributed by atoms with van der Waals surface area (Å²) >= 11 is 0. The fourth-order valence-electron chi connectivity index (χ4n) is 8.25. The molecule has 0 saturated carbocycles. The lowest BCUT2D eigenvalue weighted by Crippen LogP contribution is -2.45. The van der Waals surface area contributed by atoms with Crippen molar-refractivity contribution in [1.29, 1.82) is 0 Å². The van der Waals surface area contributed by atoms with Crippen LogP contribution in [0.15, 0.2) is 0 Å². The lowest BCUT2D eigenvalue weighted by atomic mass is 10.0. The summed E-state index contributed by atoms with van der Waals surface area (Å²) in [5, 5.41) is 23.3. The predicted molar refractivity (Wildman–Crippen MR) is 240 cm³/mol. The minimum atomic E-state index is -0.654. The Morgan fingerprint density at radius 2 is 0.593 bits per heavy atom. The van der Waals surface area contributed by atoms with Gasteiger partial charge in [-0.25, -0.2) is 0 Å². The highest BCUT2D eigenvalue weighted by Gasteiger charge is 2.20. The van der Waals surface area contributed by atoms with E-state index in [0.29, 0.717) is 12.8 Å². The average molecular weight is 764 g/mol. The zero-order valence-corrected chi connectivity index (χ0v) is 37.3. The van der Waals surface area contributed by atoms with E-state index in [-0.39, 0.29) is 12.5 Å². The van der Waals surface area contributed by atoms with Crippen LogP contribution in [-0.2, 0) is 4.79 Å². The lowest BCUT2D eigenvalue weighted by Gasteiger charge is -2.22. The molecule has 0 aromatic rings. The largest absolute Gasteiger partial charge is 0.394 e. The van der Waals surface area contributed by atoms with E-state index in [1.807, 2.05) is 0 Å². The second-order valence-corrected chi connectivity index (χ2v) is 17.6. The first kappa shape index (κ1) is 53.4. The second-order valence-electron chi connectivity index (χ2n) is 17.6. The number of aliphatic hydroxyl groups is 2. The van der Waals surface area contributed by atoms with Crippen LogP contribution in [0.25, 0.3) is 0 Å². The average Bonchev–Trinajstić information content (AvgIpc) is 3.18. The maximum absolute atomic E-state index is 12.4. The van der Waals surface area contributed by atoms with Crippen molar-refractivity contribution in [3.63, 3.8) is 0 Å². The molecule has 0 aromatic heterocycles. The van der Waals surface area contributed by atoms with E-state index in [1.54, 1.807) is 0 Å². The summed E-state index contributed by atoms with van der Waals surface area (Å²) in [5.74, 6) is -0.0242. The van der Waals surface area contributed by atoms with Crippen LogP contribution in [0.5, 0.6) is 0 Å². The maximum Gasteiger partial charge on any atom is 0.220 e. The Kier molecular flexibility index (Phi) is 46.2. The first-order valence-electron chi connectivity index (χ1n) is 25.2. The monoisotopic (exact) mass is 764 g/mol. The van der Waals surface area contributed by atoms with Crippen LogP contribution in [0, 0.1) is 0 Å². The molecule has 0 heterocycles. The van der Waals surface area contributed by atoms with Crippen LogP contribution >= 0.6 is 0 Å². The molecule has 324 valence electrons. The molecule has 4 heteroatoms. The molecule has 4 nitrogen and oxygen atoms in total. The van der Waals surface area contributed by atoms with Crippen molar-refractivity contribution in [2.24, 2.45) is 0 Å². The van der Waals surface area contributed by atoms with Crippen molar-refractivity contribution >= 4 is 5.91 Å². The minimum Gasteiger partial charge on any atom is -0.394 e. The molecule has 2 unspecified atom stereocenters. The molecule has 2 atom stereocenters. The SMILES string of the molecule is CCCCCCCCCCCCCCCCCCCCCCCCCCCC(O)C(CO)NC(=O)CCCCCCCCCCCCCCCCCCC. The van der Waals surface area contributed by atoms with Crippen molar-refractivity contribution in [3.8, 4) is 0 Å². The van der Waals surface area contributed by atoms with Gasteiger partial charge in [-0.3, -0.25) is 4.79 Å². The highest BCUT2D eigenvalue weighted by molar-refractivity contribution is 5.76. The Morgan fingerprint density at radius 1 is 0.370 bits per heavy atom. The molecule has 3 N–H and O–H groups in total. The Labute approximate surface area is 340 Å². The zero-order chi connectivity index (χ0) is 39.3. The van der Waals surface area contributed by atoms with E-state index >= 15 is 0 Å². The number of rotatable bonds is 47. The summed E-state index contributed by atoms with van der Waals surface area (Å²) in [5.41, 5.74) is 0. The number of carbonyl (C=O) groups is 1. The molecule has 0 aliphatic heterocycles. The molecule has 1 amide bonds. The van der Waals surface area contributed by atoms with Gasteiger partial charge in [0.05, 0.1) is 18.8 Å². The normalized spacial score (nSPS) is 12.7. The number of amides is 1. The third-order valence-corrected chi connectivity index (χ3v) is 12.1. The minimum absolute atomic E-state index is 0.0242. The number of hydrogen-bond donors (Lipinski definition) is 3. The summed E-state index contributed by atoms with van der Waals surface area (Å²) in [6.45, 7) is 4.40. The first-order chi connectivity index (χ1) is 26.7. The van der Waals surface area contributed by atoms with Gasteiger partial charge in [0, 0.05) is 6.42 Å². The molecule has 0 spiro atoms. The third-order valence-electron chi connectivity index (χ3n) is 12.1. The first-order valence-corrected chi connectivity index (χ1v) is 25.2. The van der Waals surface area contributed by atoms with Gasteiger partial charge in [0.25, 0.3) is 0 Å². The van der Waals surface area contributed by atoms with Crippen LogP contribution in [-0.4, -0.2) is 34.9 Å². The van der Waals surface area contributed by atoms with E-state index in [2.05, 4.69) is 19.2 Å². The third kappa shape index (κ3) is 42.5. The Balaban J connectivity index is 3.42. The number of aliphatic hydroxyl groups excluding tert-OH is 2. The lowest BCUT2D eigenvalue weighted by molar-refractivity contribution is -0.123. The maximum atomic E-state index is 12.4. The highest BCUT2D eigenvalue weighted by Crippen LogP contribution is 2.18. The molecular weight excluding hydrogens is 663 g/mol. The number of unbranched alkanes of at least 4 members (excludes halogenated alkanes) is 40. The summed E-state index contributed by atoms with van der Waals surface area (Å²) in [7, 11) is 0. The summed E-state index contributed by atoms with van der Waals surface area (Å²) in [6.07, 6.45) is 57.8. The standard InChI is InChI=1S/C50H101NO3/c1-3-5-7-9-11-13-15-17-19-21-22-23-24-25-26-27-28-30-31-33-35-37-39-41-43-45-49(53)48(47-52)51-50(54)46-44-42-40-38-36-34-32-29-20-18-16-14-12-10-8-6-4-2/h48-49,52-53H,3-47H2,1-2H3,(H,51,54). The number of carbonyl (C=O) groups excluding carboxylic acids is 1. The summed E-state index contributed by atoms with van der Waals surface area (Å²) in [4.78, 5) is 12.4. The van der Waals surface area contributed by atoms with Crippen LogP contribution in [0.1, 0.15) is 296 Å². The molecule has 0 aliphatic rings. The summed E-state index contributed by atoms with van der Waals surface area (Å²) in [6, 6.07) is -0.530. The van der Waals surface area contributed by atoms with Gasteiger partial charge in [-0.15, -0.1) is 0 Å². The van der Waals surface area contributed by atoms with E-state index in [4.69, 9.17) is 0 Å². The van der Waals surface area contributed by atoms with E-state index < -0.39 is 12.1 Å². The van der Waals surface area contributed by atoms with E-state index in [1.165, 1.54) is 244 Å². The van der Waals surface area contributed by atoms with Gasteiger partial charge < -0.3 is 15.5 Å². The van der Waals surface area contributed by atoms with Crippen molar-refractivity contribution in [2.45, 2.75) is 309 Å². The summed E-state index contributed by atoms with van der Waals surface area (Å²) < 4.78 is 0. The van der Waals surface area contributed by atoms with Gasteiger partial charge in [0.1, 0.15) is 0 Å². The van der Waals surface area contributed by atoms with Gasteiger partial charge in [-0.2, -0.15) is 0 Å². The van der Waals surface area contributed by atoms with E-state index in [9.17, 15) is 15.0 Å².